The maximum atomic E-state index is 5.39. The van der Waals surface area contributed by atoms with E-state index in [9.17, 15) is 0 Å². The third-order valence-electron chi connectivity index (χ3n) is 2.27. The van der Waals surface area contributed by atoms with Gasteiger partial charge in [-0.05, 0) is 19.4 Å². The zero-order chi connectivity index (χ0) is 9.10. The lowest BCUT2D eigenvalue weighted by molar-refractivity contribution is 0.296. The van der Waals surface area contributed by atoms with Gasteiger partial charge in [0.1, 0.15) is 0 Å². The van der Waals surface area contributed by atoms with E-state index in [1.165, 1.54) is 12.8 Å². The van der Waals surface area contributed by atoms with Crippen molar-refractivity contribution in [2.75, 3.05) is 6.54 Å². The molecule has 2 heterocycles. The Hall–Kier alpha value is -0.940. The predicted molar refractivity (Wildman–Crippen MR) is 46.8 cm³/mol. The van der Waals surface area contributed by atoms with Crippen molar-refractivity contribution in [3.63, 3.8) is 0 Å². The van der Waals surface area contributed by atoms with Gasteiger partial charge in [-0.1, -0.05) is 11.6 Å². The summed E-state index contributed by atoms with van der Waals surface area (Å²) in [5, 5.41) is 7.09. The molecular weight excluding hydrogens is 168 g/mol. The van der Waals surface area contributed by atoms with Gasteiger partial charge in [-0.2, -0.15) is 4.98 Å². The lowest BCUT2D eigenvalue weighted by Crippen LogP contribution is -2.27. The summed E-state index contributed by atoms with van der Waals surface area (Å²) >= 11 is 0. The van der Waals surface area contributed by atoms with Crippen LogP contribution in [0, 0.1) is 0 Å². The molecule has 1 fully saturated rings. The van der Waals surface area contributed by atoms with Crippen LogP contribution in [-0.2, 0) is 6.54 Å². The van der Waals surface area contributed by atoms with Crippen molar-refractivity contribution in [2.24, 2.45) is 5.73 Å². The lowest BCUT2D eigenvalue weighted by Gasteiger charge is -2.19. The van der Waals surface area contributed by atoms with Crippen molar-refractivity contribution in [3.05, 3.63) is 11.7 Å². The summed E-state index contributed by atoms with van der Waals surface area (Å²) in [5.74, 6) is 1.27. The highest BCUT2D eigenvalue weighted by Crippen LogP contribution is 2.20. The number of hydrogen-bond acceptors (Lipinski definition) is 5. The second kappa shape index (κ2) is 3.85. The molecule has 1 atom stereocenters. The number of aromatic nitrogens is 2. The highest BCUT2D eigenvalue weighted by atomic mass is 16.5. The Morgan fingerprint density at radius 1 is 1.54 bits per heavy atom. The normalized spacial score (nSPS) is 23.3. The Balaban J connectivity index is 2.05. The molecule has 2 rings (SSSR count). The van der Waals surface area contributed by atoms with E-state index in [-0.39, 0.29) is 6.04 Å². The highest BCUT2D eigenvalue weighted by Gasteiger charge is 2.20. The first-order valence-corrected chi connectivity index (χ1v) is 4.66. The van der Waals surface area contributed by atoms with Crippen LogP contribution >= 0.6 is 0 Å². The second-order valence-electron chi connectivity index (χ2n) is 3.26. The molecule has 0 bridgehead atoms. The predicted octanol–water partition coefficient (Wildman–Crippen LogP) is 0.343. The van der Waals surface area contributed by atoms with Gasteiger partial charge >= 0.3 is 0 Å². The number of nitrogens with two attached hydrogens (primary N) is 1. The van der Waals surface area contributed by atoms with E-state index in [1.54, 1.807) is 0 Å². The Morgan fingerprint density at radius 2 is 2.46 bits per heavy atom. The number of rotatable bonds is 2. The maximum Gasteiger partial charge on any atom is 0.243 e. The number of nitrogens with zero attached hydrogens (tertiary/aromatic N) is 2. The Morgan fingerprint density at radius 3 is 3.08 bits per heavy atom. The molecule has 1 aliphatic heterocycles. The highest BCUT2D eigenvalue weighted by molar-refractivity contribution is 4.93. The Bertz CT molecular complexity index is 267. The standard InChI is InChI=1S/C8H14N4O/c9-5-7-11-8(13-12-7)6-3-1-2-4-10-6/h6,10H,1-5,9H2/t6-/m1/s1. The average molecular weight is 182 g/mol. The van der Waals surface area contributed by atoms with Crippen LogP contribution in [0.2, 0.25) is 0 Å². The molecule has 0 saturated carbocycles. The molecule has 0 amide bonds. The fourth-order valence-corrected chi connectivity index (χ4v) is 1.55. The van der Waals surface area contributed by atoms with Crippen LogP contribution in [0.1, 0.15) is 37.0 Å². The molecule has 0 radical (unpaired) electrons. The minimum Gasteiger partial charge on any atom is -0.338 e. The van der Waals surface area contributed by atoms with Crippen molar-refractivity contribution < 1.29 is 4.52 Å². The summed E-state index contributed by atoms with van der Waals surface area (Å²) in [6.45, 7) is 1.38. The molecule has 1 aromatic rings. The molecule has 5 nitrogen and oxygen atoms in total. The van der Waals surface area contributed by atoms with Crippen molar-refractivity contribution in [3.8, 4) is 0 Å². The van der Waals surface area contributed by atoms with Gasteiger partial charge in [0.25, 0.3) is 0 Å². The average Bonchev–Trinajstić information content (AvgIpc) is 2.67. The number of piperidine rings is 1. The molecule has 0 aliphatic carbocycles. The van der Waals surface area contributed by atoms with Crippen LogP contribution in [0.25, 0.3) is 0 Å². The third-order valence-corrected chi connectivity index (χ3v) is 2.27. The summed E-state index contributed by atoms with van der Waals surface area (Å²) in [4.78, 5) is 4.19. The van der Waals surface area contributed by atoms with E-state index in [1.807, 2.05) is 0 Å². The molecule has 5 heteroatoms. The van der Waals surface area contributed by atoms with Crippen molar-refractivity contribution in [1.29, 1.82) is 0 Å². The van der Waals surface area contributed by atoms with Crippen molar-refractivity contribution in [1.82, 2.24) is 15.5 Å². The van der Waals surface area contributed by atoms with Crippen LogP contribution in [0.3, 0.4) is 0 Å². The van der Waals surface area contributed by atoms with E-state index in [0.717, 1.165) is 13.0 Å². The van der Waals surface area contributed by atoms with E-state index in [0.29, 0.717) is 18.3 Å². The first-order chi connectivity index (χ1) is 6.40. The van der Waals surface area contributed by atoms with Crippen molar-refractivity contribution in [2.45, 2.75) is 31.8 Å². The molecule has 1 aliphatic rings. The van der Waals surface area contributed by atoms with Gasteiger partial charge in [-0.3, -0.25) is 0 Å². The van der Waals surface area contributed by atoms with E-state index in [2.05, 4.69) is 15.5 Å². The van der Waals surface area contributed by atoms with Crippen LogP contribution in [0.15, 0.2) is 4.52 Å². The van der Waals surface area contributed by atoms with Gasteiger partial charge in [-0.15, -0.1) is 0 Å². The van der Waals surface area contributed by atoms with Gasteiger partial charge in [0, 0.05) is 0 Å². The lowest BCUT2D eigenvalue weighted by atomic mass is 10.1. The zero-order valence-corrected chi connectivity index (χ0v) is 7.49. The SMILES string of the molecule is NCc1noc([C@H]2CCCCN2)n1. The van der Waals surface area contributed by atoms with E-state index >= 15 is 0 Å². The van der Waals surface area contributed by atoms with Crippen LogP contribution < -0.4 is 11.1 Å². The number of hydrogen-bond donors (Lipinski definition) is 2. The summed E-state index contributed by atoms with van der Waals surface area (Å²) in [7, 11) is 0. The number of nitrogens with one attached hydrogen (secondary N) is 1. The first kappa shape index (κ1) is 8.65. The minimum atomic E-state index is 0.238. The fourth-order valence-electron chi connectivity index (χ4n) is 1.55. The Kier molecular flexibility index (Phi) is 2.56. The smallest absolute Gasteiger partial charge is 0.243 e. The van der Waals surface area contributed by atoms with Crippen LogP contribution in [0.4, 0.5) is 0 Å². The molecule has 72 valence electrons. The summed E-state index contributed by atoms with van der Waals surface area (Å²) < 4.78 is 5.09. The van der Waals surface area contributed by atoms with Gasteiger partial charge in [0.05, 0.1) is 12.6 Å². The Labute approximate surface area is 76.7 Å². The molecule has 1 saturated heterocycles. The van der Waals surface area contributed by atoms with Gasteiger partial charge in [0.15, 0.2) is 5.82 Å². The van der Waals surface area contributed by atoms with Gasteiger partial charge in [-0.25, -0.2) is 0 Å². The topological polar surface area (TPSA) is 77.0 Å². The minimum absolute atomic E-state index is 0.238. The molecule has 0 spiro atoms. The first-order valence-electron chi connectivity index (χ1n) is 4.66. The van der Waals surface area contributed by atoms with E-state index < -0.39 is 0 Å². The fraction of sp³-hybridized carbons (Fsp3) is 0.750. The monoisotopic (exact) mass is 182 g/mol. The molecule has 1 aromatic heterocycles. The second-order valence-corrected chi connectivity index (χ2v) is 3.26. The molecular formula is C8H14N4O. The quantitative estimate of drug-likeness (QED) is 0.689. The summed E-state index contributed by atoms with van der Waals surface area (Å²) in [6.07, 6.45) is 3.53. The largest absolute Gasteiger partial charge is 0.338 e. The third kappa shape index (κ3) is 1.87. The molecule has 0 aromatic carbocycles. The van der Waals surface area contributed by atoms with E-state index in [4.69, 9.17) is 10.3 Å². The summed E-state index contributed by atoms with van der Waals surface area (Å²) in [5.41, 5.74) is 5.39. The summed E-state index contributed by atoms with van der Waals surface area (Å²) in [6, 6.07) is 0.238. The molecule has 3 N–H and O–H groups in total. The van der Waals surface area contributed by atoms with Gasteiger partial charge in [0.2, 0.25) is 5.89 Å². The van der Waals surface area contributed by atoms with Crippen molar-refractivity contribution >= 4 is 0 Å². The van der Waals surface area contributed by atoms with Gasteiger partial charge < -0.3 is 15.6 Å². The molecule has 13 heavy (non-hydrogen) atoms. The van der Waals surface area contributed by atoms with Crippen LogP contribution in [-0.4, -0.2) is 16.7 Å². The zero-order valence-electron chi connectivity index (χ0n) is 7.49. The van der Waals surface area contributed by atoms with Crippen LogP contribution in [0.5, 0.6) is 0 Å². The maximum absolute atomic E-state index is 5.39. The molecule has 0 unspecified atom stereocenters.